The van der Waals surface area contributed by atoms with Crippen LogP contribution in [0.15, 0.2) is 5.16 Å². The molecular weight excluding hydrogens is 260 g/mol. The van der Waals surface area contributed by atoms with Crippen LogP contribution in [0.1, 0.15) is 77.0 Å². The second kappa shape index (κ2) is 5.91. The van der Waals surface area contributed by atoms with Gasteiger partial charge < -0.3 is 5.21 Å². The molecule has 2 heterocycles. The van der Waals surface area contributed by atoms with Crippen molar-refractivity contribution in [2.24, 2.45) is 17.0 Å². The highest BCUT2D eigenvalue weighted by molar-refractivity contribution is 5.86. The second-order valence-electron chi connectivity index (χ2n) is 8.14. The van der Waals surface area contributed by atoms with Crippen LogP contribution in [-0.4, -0.2) is 33.9 Å². The van der Waals surface area contributed by atoms with Crippen LogP contribution in [0.2, 0.25) is 0 Å². The number of hydrogen-bond acceptors (Lipinski definition) is 3. The summed E-state index contributed by atoms with van der Waals surface area (Å²) < 4.78 is 0. The van der Waals surface area contributed by atoms with Gasteiger partial charge >= 0.3 is 0 Å². The lowest BCUT2D eigenvalue weighted by molar-refractivity contribution is -0.00496. The zero-order valence-corrected chi connectivity index (χ0v) is 13.2. The molecule has 4 rings (SSSR count). The van der Waals surface area contributed by atoms with Gasteiger partial charge in [-0.3, -0.25) is 4.90 Å². The van der Waals surface area contributed by atoms with Gasteiger partial charge in [-0.2, -0.15) is 0 Å². The quantitative estimate of drug-likeness (QED) is 0.580. The Morgan fingerprint density at radius 3 is 1.95 bits per heavy atom. The van der Waals surface area contributed by atoms with Crippen molar-refractivity contribution in [3.8, 4) is 0 Å². The Labute approximate surface area is 128 Å². The minimum atomic E-state index is 0.675. The first-order valence-corrected chi connectivity index (χ1v) is 9.30. The van der Waals surface area contributed by atoms with Crippen molar-refractivity contribution in [2.75, 3.05) is 0 Å². The number of hydrogen-bond donors (Lipinski definition) is 1. The highest BCUT2D eigenvalue weighted by Crippen LogP contribution is 2.44. The maximum absolute atomic E-state index is 9.18. The smallest absolute Gasteiger partial charge is 0.0601 e. The maximum atomic E-state index is 9.18. The molecule has 3 heteroatoms. The van der Waals surface area contributed by atoms with Gasteiger partial charge in [0.05, 0.1) is 5.71 Å². The summed E-state index contributed by atoms with van der Waals surface area (Å²) >= 11 is 0. The number of fused-ring (bicyclic) bond motifs is 4. The van der Waals surface area contributed by atoms with Gasteiger partial charge in [0.25, 0.3) is 0 Å². The first-order valence-electron chi connectivity index (χ1n) is 9.30. The van der Waals surface area contributed by atoms with Gasteiger partial charge in [0, 0.05) is 31.0 Å². The lowest BCUT2D eigenvalue weighted by atomic mass is 9.74. The molecule has 0 radical (unpaired) electrons. The summed E-state index contributed by atoms with van der Waals surface area (Å²) in [5, 5.41) is 12.8. The van der Waals surface area contributed by atoms with Gasteiger partial charge in [-0.15, -0.1) is 0 Å². The van der Waals surface area contributed by atoms with E-state index in [1.165, 1.54) is 64.2 Å². The van der Waals surface area contributed by atoms with Crippen molar-refractivity contribution < 1.29 is 5.21 Å². The molecule has 21 heavy (non-hydrogen) atoms. The number of oxime groups is 1. The minimum Gasteiger partial charge on any atom is -0.411 e. The average molecular weight is 290 g/mol. The fourth-order valence-electron chi connectivity index (χ4n) is 6.02. The standard InChI is InChI=1S/C18H30N2O/c21-19-15-11-16-6-3-7-17(12-15)20(16)18-9-13-4-1-2-5-14(8-13)10-18/h13-14,16-18,21H,1-12H2/b19-15-/t13-,14+,16-,17+,18-/m1/s1. The van der Waals surface area contributed by atoms with Gasteiger partial charge in [0.15, 0.2) is 0 Å². The molecular formula is C18H30N2O. The Hall–Kier alpha value is -0.570. The summed E-state index contributed by atoms with van der Waals surface area (Å²) in [6.07, 6.45) is 16.4. The average Bonchev–Trinajstić information content (AvgIpc) is 2.66. The Morgan fingerprint density at radius 1 is 0.762 bits per heavy atom. The molecule has 2 saturated carbocycles. The molecule has 2 saturated heterocycles. The zero-order chi connectivity index (χ0) is 14.2. The SMILES string of the molecule is O/N=C1/C[C@H]2CCC[C@@H](C1)N2[C@@H]1C[C@@H]2CCCC[C@@H](C2)C1. The highest BCUT2D eigenvalue weighted by Gasteiger charge is 2.43. The van der Waals surface area contributed by atoms with Gasteiger partial charge in [-0.1, -0.05) is 37.3 Å². The third-order valence-electron chi connectivity index (χ3n) is 6.78. The summed E-state index contributed by atoms with van der Waals surface area (Å²) in [4.78, 5) is 2.91. The van der Waals surface area contributed by atoms with Crippen molar-refractivity contribution in [1.82, 2.24) is 4.90 Å². The van der Waals surface area contributed by atoms with E-state index in [-0.39, 0.29) is 0 Å². The summed E-state index contributed by atoms with van der Waals surface area (Å²) in [5.41, 5.74) is 1.06. The van der Waals surface area contributed by atoms with Crippen LogP contribution >= 0.6 is 0 Å². The van der Waals surface area contributed by atoms with E-state index in [2.05, 4.69) is 10.1 Å². The van der Waals surface area contributed by atoms with Crippen molar-refractivity contribution in [3.05, 3.63) is 0 Å². The van der Waals surface area contributed by atoms with Crippen LogP contribution < -0.4 is 0 Å². The topological polar surface area (TPSA) is 35.8 Å². The van der Waals surface area contributed by atoms with Crippen molar-refractivity contribution in [2.45, 2.75) is 95.2 Å². The van der Waals surface area contributed by atoms with Crippen LogP contribution in [0.25, 0.3) is 0 Å². The van der Waals surface area contributed by atoms with E-state index >= 15 is 0 Å². The fraction of sp³-hybridized carbons (Fsp3) is 0.944. The monoisotopic (exact) mass is 290 g/mol. The van der Waals surface area contributed by atoms with Crippen LogP contribution in [0.3, 0.4) is 0 Å². The van der Waals surface area contributed by atoms with Gasteiger partial charge in [-0.25, -0.2) is 0 Å². The van der Waals surface area contributed by atoms with E-state index in [0.29, 0.717) is 12.1 Å². The van der Waals surface area contributed by atoms with Crippen molar-refractivity contribution in [3.63, 3.8) is 0 Å². The third kappa shape index (κ3) is 2.74. The maximum Gasteiger partial charge on any atom is 0.0601 e. The molecule has 0 aromatic heterocycles. The Balaban J connectivity index is 1.52. The summed E-state index contributed by atoms with van der Waals surface area (Å²) in [7, 11) is 0. The van der Waals surface area contributed by atoms with E-state index in [4.69, 9.17) is 0 Å². The second-order valence-corrected chi connectivity index (χ2v) is 8.14. The molecule has 4 bridgehead atoms. The molecule has 118 valence electrons. The van der Waals surface area contributed by atoms with Crippen molar-refractivity contribution in [1.29, 1.82) is 0 Å². The molecule has 0 spiro atoms. The molecule has 4 aliphatic rings. The van der Waals surface area contributed by atoms with Gasteiger partial charge in [0.1, 0.15) is 0 Å². The molecule has 0 amide bonds. The molecule has 0 aromatic rings. The van der Waals surface area contributed by atoms with Gasteiger partial charge in [0.2, 0.25) is 0 Å². The molecule has 4 fully saturated rings. The molecule has 0 unspecified atom stereocenters. The number of piperidine rings is 2. The Kier molecular flexibility index (Phi) is 3.95. The lowest BCUT2D eigenvalue weighted by Crippen LogP contribution is -2.58. The van der Waals surface area contributed by atoms with Crippen LogP contribution in [0.4, 0.5) is 0 Å². The number of nitrogens with zero attached hydrogens (tertiary/aromatic N) is 2. The van der Waals surface area contributed by atoms with Gasteiger partial charge in [-0.05, 0) is 43.9 Å². The normalized spacial score (nSPS) is 46.3. The summed E-state index contributed by atoms with van der Waals surface area (Å²) in [5.74, 6) is 2.01. The molecule has 1 N–H and O–H groups in total. The third-order valence-corrected chi connectivity index (χ3v) is 6.78. The Bertz CT molecular complexity index is 378. The molecule has 2 aliphatic heterocycles. The predicted octanol–water partition coefficient (Wildman–Crippen LogP) is 4.19. The molecule has 2 aliphatic carbocycles. The van der Waals surface area contributed by atoms with E-state index in [1.807, 2.05) is 0 Å². The van der Waals surface area contributed by atoms with E-state index in [0.717, 1.165) is 36.4 Å². The van der Waals surface area contributed by atoms with E-state index in [9.17, 15) is 5.21 Å². The summed E-state index contributed by atoms with van der Waals surface area (Å²) in [6.45, 7) is 0. The largest absolute Gasteiger partial charge is 0.411 e. The molecule has 3 nitrogen and oxygen atoms in total. The first-order chi connectivity index (χ1) is 10.3. The highest BCUT2D eigenvalue weighted by atomic mass is 16.4. The van der Waals surface area contributed by atoms with E-state index in [1.54, 1.807) is 0 Å². The zero-order valence-electron chi connectivity index (χ0n) is 13.2. The number of rotatable bonds is 1. The lowest BCUT2D eigenvalue weighted by Gasteiger charge is -2.52. The predicted molar refractivity (Wildman–Crippen MR) is 84.8 cm³/mol. The molecule has 5 atom stereocenters. The van der Waals surface area contributed by atoms with Crippen molar-refractivity contribution >= 4 is 5.71 Å². The fourth-order valence-corrected chi connectivity index (χ4v) is 6.02. The minimum absolute atomic E-state index is 0.675. The Morgan fingerprint density at radius 2 is 1.38 bits per heavy atom. The first kappa shape index (κ1) is 14.0. The van der Waals surface area contributed by atoms with Crippen LogP contribution in [0.5, 0.6) is 0 Å². The molecule has 0 aromatic carbocycles. The summed E-state index contributed by atoms with van der Waals surface area (Å²) in [6, 6.07) is 2.18. The van der Waals surface area contributed by atoms with Crippen LogP contribution in [-0.2, 0) is 0 Å². The van der Waals surface area contributed by atoms with Crippen LogP contribution in [0, 0.1) is 11.8 Å². The van der Waals surface area contributed by atoms with E-state index < -0.39 is 0 Å².